The van der Waals surface area contributed by atoms with Crippen LogP contribution in [0.15, 0.2) is 65.7 Å². The number of anilines is 1. The highest BCUT2D eigenvalue weighted by atomic mass is 32.2. The lowest BCUT2D eigenvalue weighted by Gasteiger charge is -2.09. The second-order valence-corrected chi connectivity index (χ2v) is 8.21. The van der Waals surface area contributed by atoms with Crippen LogP contribution in [0.4, 0.5) is 5.69 Å². The van der Waals surface area contributed by atoms with Gasteiger partial charge in [-0.05, 0) is 60.9 Å². The highest BCUT2D eigenvalue weighted by Gasteiger charge is 2.09. The first-order chi connectivity index (χ1) is 13.7. The third-order valence-corrected chi connectivity index (χ3v) is 5.27. The highest BCUT2D eigenvalue weighted by molar-refractivity contribution is 7.89. The van der Waals surface area contributed by atoms with Gasteiger partial charge in [-0.2, -0.15) is 0 Å². The molecule has 7 nitrogen and oxygen atoms in total. The van der Waals surface area contributed by atoms with Crippen molar-refractivity contribution in [2.75, 3.05) is 5.32 Å². The Labute approximate surface area is 169 Å². The zero-order chi connectivity index (χ0) is 21.0. The van der Waals surface area contributed by atoms with E-state index in [0.29, 0.717) is 22.9 Å². The van der Waals surface area contributed by atoms with Crippen LogP contribution in [0, 0.1) is 13.8 Å². The number of nitrogens with zero attached hydrogens (tertiary/aromatic N) is 1. The molecule has 0 saturated heterocycles. The van der Waals surface area contributed by atoms with Crippen molar-refractivity contribution in [2.45, 2.75) is 25.2 Å². The minimum Gasteiger partial charge on any atom is -0.439 e. The second kappa shape index (κ2) is 8.42. The molecule has 0 aliphatic rings. The Bertz CT molecular complexity index is 1130. The minimum atomic E-state index is -3.75. The average molecular weight is 411 g/mol. The number of amides is 1. The zero-order valence-corrected chi connectivity index (χ0v) is 16.9. The molecule has 1 amide bonds. The van der Waals surface area contributed by atoms with Gasteiger partial charge in [0.25, 0.3) is 0 Å². The van der Waals surface area contributed by atoms with Gasteiger partial charge in [0.05, 0.1) is 23.2 Å². The molecule has 0 bridgehead atoms. The Hall–Kier alpha value is -3.23. The van der Waals surface area contributed by atoms with E-state index < -0.39 is 10.0 Å². The SMILES string of the molecule is Cc1ccc(Oc2ccc(NC(=O)Cc3ccc(S(N)(=O)=O)cc3)cn2)cc1C. The van der Waals surface area contributed by atoms with Crippen LogP contribution >= 0.6 is 0 Å². The van der Waals surface area contributed by atoms with E-state index in [-0.39, 0.29) is 17.2 Å². The number of hydrogen-bond acceptors (Lipinski definition) is 5. The van der Waals surface area contributed by atoms with E-state index in [1.165, 1.54) is 23.9 Å². The Balaban J connectivity index is 1.59. The maximum absolute atomic E-state index is 12.2. The fourth-order valence-corrected chi connectivity index (χ4v) is 3.12. The quantitative estimate of drug-likeness (QED) is 0.646. The first-order valence-corrected chi connectivity index (χ1v) is 10.4. The number of carbonyl (C=O) groups is 1. The standard InChI is InChI=1S/C21H21N3O4S/c1-14-3-7-18(11-15(14)2)28-21-10-6-17(13-23-21)24-20(25)12-16-4-8-19(9-5-16)29(22,26)27/h3-11,13H,12H2,1-2H3,(H,24,25)(H2,22,26,27). The lowest BCUT2D eigenvalue weighted by Crippen LogP contribution is -2.15. The van der Waals surface area contributed by atoms with E-state index in [0.717, 1.165) is 5.56 Å². The van der Waals surface area contributed by atoms with E-state index in [1.54, 1.807) is 24.3 Å². The third kappa shape index (κ3) is 5.63. The number of nitrogens with two attached hydrogens (primary N) is 1. The predicted molar refractivity (Wildman–Crippen MR) is 110 cm³/mol. The third-order valence-electron chi connectivity index (χ3n) is 4.34. The van der Waals surface area contributed by atoms with Crippen LogP contribution in [0.1, 0.15) is 16.7 Å². The Morgan fingerprint density at radius 3 is 2.34 bits per heavy atom. The molecule has 0 atom stereocenters. The zero-order valence-electron chi connectivity index (χ0n) is 16.0. The fourth-order valence-electron chi connectivity index (χ4n) is 2.60. The summed E-state index contributed by atoms with van der Waals surface area (Å²) in [5, 5.41) is 7.80. The topological polar surface area (TPSA) is 111 Å². The lowest BCUT2D eigenvalue weighted by atomic mass is 10.1. The number of ether oxygens (including phenoxy) is 1. The largest absolute Gasteiger partial charge is 0.439 e. The normalized spacial score (nSPS) is 11.1. The summed E-state index contributed by atoms with van der Waals surface area (Å²) in [7, 11) is -3.75. The van der Waals surface area contributed by atoms with Gasteiger partial charge in [0.15, 0.2) is 0 Å². The Kier molecular flexibility index (Phi) is 5.95. The van der Waals surface area contributed by atoms with Gasteiger partial charge in [-0.1, -0.05) is 18.2 Å². The van der Waals surface area contributed by atoms with Crippen LogP contribution in [0.2, 0.25) is 0 Å². The van der Waals surface area contributed by atoms with Crippen molar-refractivity contribution in [3.8, 4) is 11.6 Å². The summed E-state index contributed by atoms with van der Waals surface area (Å²) < 4.78 is 28.3. The second-order valence-electron chi connectivity index (χ2n) is 6.65. The molecule has 1 aromatic heterocycles. The highest BCUT2D eigenvalue weighted by Crippen LogP contribution is 2.23. The summed E-state index contributed by atoms with van der Waals surface area (Å²) >= 11 is 0. The molecule has 0 aliphatic heterocycles. The van der Waals surface area contributed by atoms with Crippen molar-refractivity contribution in [1.29, 1.82) is 0 Å². The van der Waals surface area contributed by atoms with E-state index >= 15 is 0 Å². The number of carbonyl (C=O) groups excluding carboxylic acids is 1. The van der Waals surface area contributed by atoms with Crippen LogP contribution < -0.4 is 15.2 Å². The van der Waals surface area contributed by atoms with Crippen molar-refractivity contribution < 1.29 is 17.9 Å². The number of aromatic nitrogens is 1. The van der Waals surface area contributed by atoms with Crippen molar-refractivity contribution in [2.24, 2.45) is 5.14 Å². The number of rotatable bonds is 6. The molecule has 8 heteroatoms. The Morgan fingerprint density at radius 1 is 1.03 bits per heavy atom. The summed E-state index contributed by atoms with van der Waals surface area (Å²) in [6.45, 7) is 4.04. The molecule has 3 aromatic rings. The van der Waals surface area contributed by atoms with Crippen LogP contribution in [0.3, 0.4) is 0 Å². The molecular weight excluding hydrogens is 390 g/mol. The Morgan fingerprint density at radius 2 is 1.76 bits per heavy atom. The first-order valence-electron chi connectivity index (χ1n) is 8.83. The van der Waals surface area contributed by atoms with Crippen LogP contribution in [-0.4, -0.2) is 19.3 Å². The lowest BCUT2D eigenvalue weighted by molar-refractivity contribution is -0.115. The molecule has 0 fully saturated rings. The van der Waals surface area contributed by atoms with Crippen molar-refractivity contribution >= 4 is 21.6 Å². The number of aryl methyl sites for hydroxylation is 2. The van der Waals surface area contributed by atoms with Crippen molar-refractivity contribution in [3.63, 3.8) is 0 Å². The number of primary sulfonamides is 1. The van der Waals surface area contributed by atoms with Gasteiger partial charge < -0.3 is 10.1 Å². The maximum atomic E-state index is 12.2. The summed E-state index contributed by atoms with van der Waals surface area (Å²) in [4.78, 5) is 16.4. The van der Waals surface area contributed by atoms with Gasteiger partial charge in [0, 0.05) is 6.07 Å². The number of benzene rings is 2. The smallest absolute Gasteiger partial charge is 0.238 e. The molecule has 3 rings (SSSR count). The van der Waals surface area contributed by atoms with Crippen LogP contribution in [0.5, 0.6) is 11.6 Å². The molecule has 0 radical (unpaired) electrons. The molecule has 0 spiro atoms. The molecule has 3 N–H and O–H groups in total. The van der Waals surface area contributed by atoms with E-state index in [2.05, 4.69) is 10.3 Å². The molecule has 0 saturated carbocycles. The summed E-state index contributed by atoms with van der Waals surface area (Å²) in [5.74, 6) is 0.864. The summed E-state index contributed by atoms with van der Waals surface area (Å²) in [6.07, 6.45) is 1.60. The van der Waals surface area contributed by atoms with Gasteiger partial charge >= 0.3 is 0 Å². The number of hydrogen-bond donors (Lipinski definition) is 2. The number of nitrogens with one attached hydrogen (secondary N) is 1. The van der Waals surface area contributed by atoms with E-state index in [9.17, 15) is 13.2 Å². The molecule has 2 aromatic carbocycles. The molecule has 150 valence electrons. The van der Waals surface area contributed by atoms with Crippen LogP contribution in [0.25, 0.3) is 0 Å². The summed E-state index contributed by atoms with van der Waals surface area (Å²) in [6, 6.07) is 15.0. The monoisotopic (exact) mass is 411 g/mol. The maximum Gasteiger partial charge on any atom is 0.238 e. The van der Waals surface area contributed by atoms with Gasteiger partial charge in [0.1, 0.15) is 5.75 Å². The molecule has 0 aliphatic carbocycles. The summed E-state index contributed by atoms with van der Waals surface area (Å²) in [5.41, 5.74) is 3.51. The van der Waals surface area contributed by atoms with Crippen LogP contribution in [-0.2, 0) is 21.2 Å². The van der Waals surface area contributed by atoms with Crippen molar-refractivity contribution in [3.05, 3.63) is 77.5 Å². The fraction of sp³-hybridized carbons (Fsp3) is 0.143. The van der Waals surface area contributed by atoms with Crippen molar-refractivity contribution in [1.82, 2.24) is 4.98 Å². The first kappa shape index (κ1) is 20.5. The van der Waals surface area contributed by atoms with E-state index in [4.69, 9.17) is 9.88 Å². The molecular formula is C21H21N3O4S. The van der Waals surface area contributed by atoms with Gasteiger partial charge in [-0.25, -0.2) is 18.5 Å². The van der Waals surface area contributed by atoms with Gasteiger partial charge in [-0.3, -0.25) is 4.79 Å². The predicted octanol–water partition coefficient (Wildman–Crippen LogP) is 3.32. The number of pyridine rings is 1. The molecule has 1 heterocycles. The molecule has 0 unspecified atom stereocenters. The molecule has 29 heavy (non-hydrogen) atoms. The van der Waals surface area contributed by atoms with Gasteiger partial charge in [0.2, 0.25) is 21.8 Å². The van der Waals surface area contributed by atoms with Gasteiger partial charge in [-0.15, -0.1) is 0 Å². The number of sulfonamides is 1. The van der Waals surface area contributed by atoms with E-state index in [1.807, 2.05) is 32.0 Å². The average Bonchev–Trinajstić information content (AvgIpc) is 2.66. The minimum absolute atomic E-state index is 0.00483.